The van der Waals surface area contributed by atoms with Crippen LogP contribution in [0.4, 0.5) is 5.69 Å². The number of rotatable bonds is 4. The Bertz CT molecular complexity index is 538. The molecule has 19 heavy (non-hydrogen) atoms. The van der Waals surface area contributed by atoms with E-state index in [1.54, 1.807) is 31.4 Å². The van der Waals surface area contributed by atoms with Gasteiger partial charge in [-0.25, -0.2) is 0 Å². The molecule has 0 bridgehead atoms. The highest BCUT2D eigenvalue weighted by Crippen LogP contribution is 2.17. The van der Waals surface area contributed by atoms with Crippen molar-refractivity contribution in [2.24, 2.45) is 5.73 Å². The van der Waals surface area contributed by atoms with Gasteiger partial charge >= 0.3 is 0 Å². The highest BCUT2D eigenvalue weighted by Gasteiger charge is 2.15. The highest BCUT2D eigenvalue weighted by molar-refractivity contribution is 5.95. The first kappa shape index (κ1) is 13.1. The van der Waals surface area contributed by atoms with Gasteiger partial charge in [0.2, 0.25) is 5.91 Å². The van der Waals surface area contributed by atoms with E-state index in [-0.39, 0.29) is 5.91 Å². The van der Waals surface area contributed by atoms with Crippen LogP contribution in [0.15, 0.2) is 54.6 Å². The summed E-state index contributed by atoms with van der Waals surface area (Å²) in [6, 6.07) is 15.7. The van der Waals surface area contributed by atoms with Crippen molar-refractivity contribution in [1.82, 2.24) is 0 Å². The van der Waals surface area contributed by atoms with Gasteiger partial charge in [0, 0.05) is 5.69 Å². The second-order valence-electron chi connectivity index (χ2n) is 4.11. The monoisotopic (exact) mass is 256 g/mol. The predicted molar refractivity (Wildman–Crippen MR) is 75.0 cm³/mol. The molecule has 0 fully saturated rings. The molecule has 2 rings (SSSR count). The van der Waals surface area contributed by atoms with Gasteiger partial charge in [-0.1, -0.05) is 30.3 Å². The Balaban J connectivity index is 2.06. The minimum absolute atomic E-state index is 0.239. The molecule has 0 aliphatic carbocycles. The van der Waals surface area contributed by atoms with Crippen molar-refractivity contribution in [2.75, 3.05) is 12.4 Å². The summed E-state index contributed by atoms with van der Waals surface area (Å²) in [5, 5.41) is 2.77. The Labute approximate surface area is 112 Å². The third-order valence-electron chi connectivity index (χ3n) is 2.80. The average molecular weight is 256 g/mol. The number of methoxy groups -OCH3 is 1. The van der Waals surface area contributed by atoms with Gasteiger partial charge in [0.1, 0.15) is 11.8 Å². The zero-order valence-corrected chi connectivity index (χ0v) is 10.7. The number of nitrogens with two attached hydrogens (primary N) is 1. The van der Waals surface area contributed by atoms with E-state index in [0.29, 0.717) is 0 Å². The number of carbonyl (C=O) groups is 1. The van der Waals surface area contributed by atoms with Gasteiger partial charge < -0.3 is 15.8 Å². The van der Waals surface area contributed by atoms with Gasteiger partial charge in [0.05, 0.1) is 7.11 Å². The molecule has 0 heterocycles. The van der Waals surface area contributed by atoms with Crippen LogP contribution in [0.1, 0.15) is 11.6 Å². The first-order valence-corrected chi connectivity index (χ1v) is 5.96. The summed E-state index contributed by atoms with van der Waals surface area (Å²) in [4.78, 5) is 12.0. The average Bonchev–Trinajstić information content (AvgIpc) is 2.47. The van der Waals surface area contributed by atoms with E-state index in [1.807, 2.05) is 30.3 Å². The molecule has 0 aromatic heterocycles. The molecule has 0 aliphatic rings. The fourth-order valence-corrected chi connectivity index (χ4v) is 1.70. The fraction of sp³-hybridized carbons (Fsp3) is 0.133. The van der Waals surface area contributed by atoms with Crippen LogP contribution < -0.4 is 15.8 Å². The topological polar surface area (TPSA) is 64.3 Å². The molecule has 1 atom stereocenters. The van der Waals surface area contributed by atoms with E-state index in [0.717, 1.165) is 17.0 Å². The molecule has 4 heteroatoms. The van der Waals surface area contributed by atoms with Gasteiger partial charge in [-0.15, -0.1) is 0 Å². The summed E-state index contributed by atoms with van der Waals surface area (Å²) >= 11 is 0. The van der Waals surface area contributed by atoms with Crippen molar-refractivity contribution >= 4 is 11.6 Å². The number of amides is 1. The van der Waals surface area contributed by atoms with Crippen LogP contribution in [0.3, 0.4) is 0 Å². The Morgan fingerprint density at radius 1 is 1.11 bits per heavy atom. The molecule has 98 valence electrons. The number of ether oxygens (including phenoxy) is 1. The molecular weight excluding hydrogens is 240 g/mol. The van der Waals surface area contributed by atoms with Gasteiger partial charge in [0.25, 0.3) is 0 Å². The largest absolute Gasteiger partial charge is 0.497 e. The van der Waals surface area contributed by atoms with E-state index < -0.39 is 6.04 Å². The number of hydrogen-bond acceptors (Lipinski definition) is 3. The molecule has 2 aromatic rings. The van der Waals surface area contributed by atoms with Gasteiger partial charge in [0.15, 0.2) is 0 Å². The quantitative estimate of drug-likeness (QED) is 0.882. The second kappa shape index (κ2) is 6.02. The molecule has 1 amide bonds. The Morgan fingerprint density at radius 2 is 1.74 bits per heavy atom. The van der Waals surface area contributed by atoms with Crippen molar-refractivity contribution in [1.29, 1.82) is 0 Å². The van der Waals surface area contributed by atoms with Crippen molar-refractivity contribution in [3.8, 4) is 5.75 Å². The molecule has 3 N–H and O–H groups in total. The highest BCUT2D eigenvalue weighted by atomic mass is 16.5. The van der Waals surface area contributed by atoms with Crippen molar-refractivity contribution in [3.05, 3.63) is 60.2 Å². The summed E-state index contributed by atoms with van der Waals surface area (Å²) in [6.07, 6.45) is 0. The van der Waals surface area contributed by atoms with E-state index in [9.17, 15) is 4.79 Å². The summed E-state index contributed by atoms with van der Waals surface area (Å²) < 4.78 is 5.06. The van der Waals surface area contributed by atoms with Crippen LogP contribution in [-0.4, -0.2) is 13.0 Å². The number of anilines is 1. The predicted octanol–water partition coefficient (Wildman–Crippen LogP) is 2.33. The van der Waals surface area contributed by atoms with Crippen LogP contribution in [0.25, 0.3) is 0 Å². The number of nitrogens with one attached hydrogen (secondary N) is 1. The van der Waals surface area contributed by atoms with Crippen molar-refractivity contribution in [3.63, 3.8) is 0 Å². The lowest BCUT2D eigenvalue weighted by Gasteiger charge is -2.13. The van der Waals surface area contributed by atoms with Crippen molar-refractivity contribution < 1.29 is 9.53 Å². The standard InChI is InChI=1S/C15H16N2O2/c1-19-13-9-7-11(8-10-13)14(16)15(18)17-12-5-3-2-4-6-12/h2-10,14H,16H2,1H3,(H,17,18)/t14-/m0/s1. The molecule has 0 saturated heterocycles. The lowest BCUT2D eigenvalue weighted by molar-refractivity contribution is -0.117. The second-order valence-corrected chi connectivity index (χ2v) is 4.11. The van der Waals surface area contributed by atoms with E-state index in [2.05, 4.69) is 5.32 Å². The van der Waals surface area contributed by atoms with Crippen LogP contribution in [0.2, 0.25) is 0 Å². The number of para-hydroxylation sites is 1. The number of benzene rings is 2. The Hall–Kier alpha value is -2.33. The molecule has 0 spiro atoms. The van der Waals surface area contributed by atoms with E-state index in [4.69, 9.17) is 10.5 Å². The molecule has 0 radical (unpaired) electrons. The normalized spacial score (nSPS) is 11.7. The van der Waals surface area contributed by atoms with Gasteiger partial charge in [-0.2, -0.15) is 0 Å². The summed E-state index contributed by atoms with van der Waals surface area (Å²) in [5.41, 5.74) is 7.40. The zero-order valence-electron chi connectivity index (χ0n) is 10.7. The molecule has 0 saturated carbocycles. The van der Waals surface area contributed by atoms with Crippen LogP contribution in [0, 0.1) is 0 Å². The lowest BCUT2D eigenvalue weighted by Crippen LogP contribution is -2.27. The van der Waals surface area contributed by atoms with Crippen LogP contribution in [0.5, 0.6) is 5.75 Å². The molecule has 0 aliphatic heterocycles. The maximum atomic E-state index is 12.0. The van der Waals surface area contributed by atoms with E-state index >= 15 is 0 Å². The minimum Gasteiger partial charge on any atom is -0.497 e. The molecule has 2 aromatic carbocycles. The zero-order chi connectivity index (χ0) is 13.7. The van der Waals surface area contributed by atoms with Gasteiger partial charge in [-0.05, 0) is 29.8 Å². The summed E-state index contributed by atoms with van der Waals surface area (Å²) in [6.45, 7) is 0. The third kappa shape index (κ3) is 3.33. The summed E-state index contributed by atoms with van der Waals surface area (Å²) in [7, 11) is 1.59. The number of carbonyl (C=O) groups excluding carboxylic acids is 1. The Morgan fingerprint density at radius 3 is 2.32 bits per heavy atom. The maximum absolute atomic E-state index is 12.0. The lowest BCUT2D eigenvalue weighted by atomic mass is 10.1. The third-order valence-corrected chi connectivity index (χ3v) is 2.80. The minimum atomic E-state index is -0.703. The van der Waals surface area contributed by atoms with Crippen molar-refractivity contribution in [2.45, 2.75) is 6.04 Å². The fourth-order valence-electron chi connectivity index (χ4n) is 1.70. The van der Waals surface area contributed by atoms with Gasteiger partial charge in [-0.3, -0.25) is 4.79 Å². The SMILES string of the molecule is COc1ccc([C@H](N)C(=O)Nc2ccccc2)cc1. The Kier molecular flexibility index (Phi) is 4.15. The smallest absolute Gasteiger partial charge is 0.245 e. The molecular formula is C15H16N2O2. The molecule has 4 nitrogen and oxygen atoms in total. The number of hydrogen-bond donors (Lipinski definition) is 2. The first-order valence-electron chi connectivity index (χ1n) is 5.96. The maximum Gasteiger partial charge on any atom is 0.245 e. The van der Waals surface area contributed by atoms with Crippen LogP contribution >= 0.6 is 0 Å². The first-order chi connectivity index (χ1) is 9.20. The van der Waals surface area contributed by atoms with E-state index in [1.165, 1.54) is 0 Å². The summed E-state index contributed by atoms with van der Waals surface area (Å²) in [5.74, 6) is 0.496. The molecule has 0 unspecified atom stereocenters. The van der Waals surface area contributed by atoms with Crippen LogP contribution in [-0.2, 0) is 4.79 Å².